The van der Waals surface area contributed by atoms with E-state index in [-0.39, 0.29) is 23.6 Å². The van der Waals surface area contributed by atoms with E-state index in [2.05, 4.69) is 0 Å². The van der Waals surface area contributed by atoms with Crippen LogP contribution in [-0.2, 0) is 4.57 Å². The van der Waals surface area contributed by atoms with Gasteiger partial charge in [-0.25, -0.2) is 0 Å². The smallest absolute Gasteiger partial charge is 0.300 e. The molecule has 0 aromatic heterocycles. The number of nitrogens with zero attached hydrogens (tertiary/aromatic N) is 1. The van der Waals surface area contributed by atoms with Gasteiger partial charge in [-0.15, -0.1) is 0 Å². The summed E-state index contributed by atoms with van der Waals surface area (Å²) >= 11 is 0. The van der Waals surface area contributed by atoms with E-state index in [1.807, 2.05) is 42.5 Å². The van der Waals surface area contributed by atoms with Crippen LogP contribution in [0.25, 0.3) is 11.1 Å². The Morgan fingerprint density at radius 3 is 2.25 bits per heavy atom. The third-order valence-electron chi connectivity index (χ3n) is 4.44. The predicted molar refractivity (Wildman–Crippen MR) is 112 cm³/mol. The van der Waals surface area contributed by atoms with Gasteiger partial charge in [0, 0.05) is 17.7 Å². The van der Waals surface area contributed by atoms with Crippen molar-refractivity contribution in [2.45, 2.75) is 6.92 Å². The van der Waals surface area contributed by atoms with Gasteiger partial charge in [0.25, 0.3) is 0 Å². The summed E-state index contributed by atoms with van der Waals surface area (Å²) in [6.07, 6.45) is 0. The molecule has 0 unspecified atom stereocenters. The van der Waals surface area contributed by atoms with Gasteiger partial charge in [0.05, 0.1) is 5.69 Å². The van der Waals surface area contributed by atoms with Crippen molar-refractivity contribution >= 4 is 19.1 Å². The zero-order chi connectivity index (χ0) is 20.3. The molecule has 0 amide bonds. The van der Waals surface area contributed by atoms with E-state index >= 15 is 0 Å². The topological polar surface area (TPSA) is 110 Å². The number of phenols is 1. The number of anilines is 1. The third kappa shape index (κ3) is 3.99. The molecule has 3 rings (SSSR count). The first-order valence-electron chi connectivity index (χ1n) is 8.80. The van der Waals surface area contributed by atoms with Crippen LogP contribution < -0.4 is 15.7 Å². The van der Waals surface area contributed by atoms with Gasteiger partial charge in [-0.3, -0.25) is 25.0 Å². The largest absolute Gasteiger partial charge is 0.508 e. The first kappa shape index (κ1) is 19.8. The highest BCUT2D eigenvalue weighted by Crippen LogP contribution is 2.41. The highest BCUT2D eigenvalue weighted by molar-refractivity contribution is 7.60. The minimum Gasteiger partial charge on any atom is -0.508 e. The Hall–Kier alpha value is -2.92. The van der Waals surface area contributed by atoms with Gasteiger partial charge < -0.3 is 5.11 Å². The lowest BCUT2D eigenvalue weighted by atomic mass is 9.93. The second-order valence-electron chi connectivity index (χ2n) is 6.33. The number of hydrogen-bond acceptors (Lipinski definition) is 3. The van der Waals surface area contributed by atoms with Crippen molar-refractivity contribution in [3.05, 3.63) is 83.9 Å². The molecular weight excluding hydrogens is 373 g/mol. The number of rotatable bonds is 6. The van der Waals surface area contributed by atoms with Gasteiger partial charge in [0.1, 0.15) is 5.75 Å². The number of carbonyl (C=O) groups is 1. The number of aromatic hydroxyl groups is 1. The van der Waals surface area contributed by atoms with Crippen molar-refractivity contribution in [2.75, 3.05) is 11.2 Å². The fourth-order valence-corrected chi connectivity index (χ4v) is 4.14. The molecule has 0 aliphatic carbocycles. The van der Waals surface area contributed by atoms with E-state index in [1.54, 1.807) is 19.1 Å². The molecule has 0 radical (unpaired) electrons. The van der Waals surface area contributed by atoms with Gasteiger partial charge in [0.15, 0.2) is 5.78 Å². The lowest BCUT2D eigenvalue weighted by molar-refractivity contribution is 0.103. The molecule has 3 aromatic rings. The first-order chi connectivity index (χ1) is 13.3. The zero-order valence-corrected chi connectivity index (χ0v) is 16.3. The van der Waals surface area contributed by atoms with Crippen LogP contribution in [0.3, 0.4) is 0 Å². The Morgan fingerprint density at radius 1 is 0.964 bits per heavy atom. The molecule has 0 aliphatic rings. The third-order valence-corrected chi connectivity index (χ3v) is 5.69. The maximum Gasteiger partial charge on any atom is 0.300 e. The molecule has 0 heterocycles. The number of nitrogens with two attached hydrogens (primary N) is 2. The lowest BCUT2D eigenvalue weighted by Crippen LogP contribution is -2.29. The number of ketones is 1. The standard InChI is InChI=1S/C21H22N3O3P/c1-2-24(28(22,23)27)20-13-12-16(25)14-19(20)21(26)18-11-7-6-10-17(18)15-8-4-3-5-9-15/h3-14,25H,2H2,1H3,(H4,22,23,27). The van der Waals surface area contributed by atoms with Crippen LogP contribution in [0.5, 0.6) is 5.75 Å². The SMILES string of the molecule is CCN(c1ccc(O)cc1C(=O)c1ccccc1-c1ccccc1)P(N)(N)=O. The van der Waals surface area contributed by atoms with Gasteiger partial charge in [-0.1, -0.05) is 54.6 Å². The minimum absolute atomic E-state index is 0.0794. The zero-order valence-electron chi connectivity index (χ0n) is 15.4. The van der Waals surface area contributed by atoms with Crippen LogP contribution in [0.2, 0.25) is 0 Å². The van der Waals surface area contributed by atoms with Crippen molar-refractivity contribution in [3.63, 3.8) is 0 Å². The Morgan fingerprint density at radius 2 is 1.61 bits per heavy atom. The Labute approximate surface area is 163 Å². The summed E-state index contributed by atoms with van der Waals surface area (Å²) in [5.74, 6) is -0.401. The average Bonchev–Trinajstić information content (AvgIpc) is 2.68. The van der Waals surface area contributed by atoms with E-state index in [1.165, 1.54) is 22.9 Å². The summed E-state index contributed by atoms with van der Waals surface area (Å²) in [7, 11) is -3.64. The second-order valence-corrected chi connectivity index (χ2v) is 8.16. The molecule has 6 nitrogen and oxygen atoms in total. The van der Waals surface area contributed by atoms with Crippen molar-refractivity contribution in [1.29, 1.82) is 0 Å². The molecule has 0 fully saturated rings. The quantitative estimate of drug-likeness (QED) is 0.427. The van der Waals surface area contributed by atoms with E-state index in [0.717, 1.165) is 11.1 Å². The summed E-state index contributed by atoms with van der Waals surface area (Å²) in [5, 5.41) is 9.97. The normalized spacial score (nSPS) is 11.2. The molecule has 5 N–H and O–H groups in total. The summed E-state index contributed by atoms with van der Waals surface area (Å²) in [5.41, 5.74) is 14.0. The van der Waals surface area contributed by atoms with Crippen LogP contribution in [0.4, 0.5) is 5.69 Å². The molecule has 0 atom stereocenters. The van der Waals surface area contributed by atoms with Crippen LogP contribution in [-0.4, -0.2) is 17.4 Å². The van der Waals surface area contributed by atoms with Gasteiger partial charge in [-0.2, -0.15) is 0 Å². The molecular formula is C21H22N3O3P. The fraction of sp³-hybridized carbons (Fsp3) is 0.0952. The molecule has 7 heteroatoms. The van der Waals surface area contributed by atoms with Crippen molar-refractivity contribution in [2.24, 2.45) is 11.0 Å². The Balaban J connectivity index is 2.18. The van der Waals surface area contributed by atoms with E-state index in [0.29, 0.717) is 11.3 Å². The van der Waals surface area contributed by atoms with Crippen molar-refractivity contribution < 1.29 is 14.5 Å². The van der Waals surface area contributed by atoms with Gasteiger partial charge in [-0.05, 0) is 36.2 Å². The van der Waals surface area contributed by atoms with Crippen molar-refractivity contribution in [1.82, 2.24) is 0 Å². The van der Waals surface area contributed by atoms with Gasteiger partial charge in [0.2, 0.25) is 0 Å². The fourth-order valence-electron chi connectivity index (χ4n) is 3.19. The molecule has 0 bridgehead atoms. The molecule has 3 aromatic carbocycles. The van der Waals surface area contributed by atoms with Crippen molar-refractivity contribution in [3.8, 4) is 16.9 Å². The molecule has 144 valence electrons. The van der Waals surface area contributed by atoms with E-state index in [9.17, 15) is 14.5 Å². The minimum atomic E-state index is -3.64. The maximum atomic E-state index is 13.5. The average molecular weight is 395 g/mol. The number of phenolic OH excluding ortho intramolecular Hbond substituents is 1. The summed E-state index contributed by atoms with van der Waals surface area (Å²) in [6, 6.07) is 21.0. The Kier molecular flexibility index (Phi) is 5.66. The summed E-state index contributed by atoms with van der Waals surface area (Å²) in [4.78, 5) is 13.5. The van der Waals surface area contributed by atoms with Crippen LogP contribution in [0, 0.1) is 0 Å². The highest BCUT2D eigenvalue weighted by atomic mass is 31.2. The number of carbonyl (C=O) groups excluding carboxylic acids is 1. The van der Waals surface area contributed by atoms with E-state index in [4.69, 9.17) is 11.0 Å². The number of benzene rings is 3. The van der Waals surface area contributed by atoms with Gasteiger partial charge >= 0.3 is 7.59 Å². The lowest BCUT2D eigenvalue weighted by Gasteiger charge is -2.28. The maximum absolute atomic E-state index is 13.5. The molecule has 0 saturated carbocycles. The monoisotopic (exact) mass is 395 g/mol. The van der Waals surface area contributed by atoms with E-state index < -0.39 is 7.59 Å². The first-order valence-corrected chi connectivity index (χ1v) is 10.6. The second kappa shape index (κ2) is 7.98. The molecule has 0 spiro atoms. The van der Waals surface area contributed by atoms with Crippen LogP contribution in [0.1, 0.15) is 22.8 Å². The summed E-state index contributed by atoms with van der Waals surface area (Å²) < 4.78 is 13.6. The summed E-state index contributed by atoms with van der Waals surface area (Å²) in [6.45, 7) is 1.99. The Bertz CT molecular complexity index is 1050. The van der Waals surface area contributed by atoms with Crippen LogP contribution in [0.15, 0.2) is 72.8 Å². The molecule has 0 aliphatic heterocycles. The molecule has 0 saturated heterocycles. The van der Waals surface area contributed by atoms with Crippen LogP contribution >= 0.6 is 7.59 Å². The number of hydrogen-bond donors (Lipinski definition) is 3. The highest BCUT2D eigenvalue weighted by Gasteiger charge is 2.26. The predicted octanol–water partition coefficient (Wildman–Crippen LogP) is 4.14. The molecule has 28 heavy (non-hydrogen) atoms.